The van der Waals surface area contributed by atoms with Crippen LogP contribution in [0.5, 0.6) is 0 Å². The predicted octanol–water partition coefficient (Wildman–Crippen LogP) is -0.0502. The number of primary sulfonamides is 1. The van der Waals surface area contributed by atoms with Gasteiger partial charge in [0.25, 0.3) is 5.91 Å². The molecule has 0 saturated carbocycles. The van der Waals surface area contributed by atoms with Crippen molar-refractivity contribution < 1.29 is 23.1 Å². The molecule has 0 aliphatic carbocycles. The molecule has 0 heterocycles. The molecule has 0 atom stereocenters. The van der Waals surface area contributed by atoms with Gasteiger partial charge in [0.2, 0.25) is 10.0 Å². The van der Waals surface area contributed by atoms with Crippen molar-refractivity contribution in [2.75, 3.05) is 5.32 Å². The molecule has 2 rings (SSSR count). The first-order valence-corrected chi connectivity index (χ1v) is 7.57. The van der Waals surface area contributed by atoms with Crippen LogP contribution in [0.4, 0.5) is 5.69 Å². The molecule has 22 heavy (non-hydrogen) atoms. The van der Waals surface area contributed by atoms with E-state index in [2.05, 4.69) is 5.32 Å². The number of sulfonamides is 1. The second-order valence-electron chi connectivity index (χ2n) is 4.40. The molecule has 7 nitrogen and oxygen atoms in total. The number of rotatable bonds is 4. The number of carbonyl (C=O) groups excluding carboxylic acids is 2. The fourth-order valence-corrected chi connectivity index (χ4v) is 2.30. The van der Waals surface area contributed by atoms with Gasteiger partial charge in [0, 0.05) is 11.3 Å². The highest BCUT2D eigenvalue weighted by Crippen LogP contribution is 2.14. The number of carboxylic acids is 1. The molecule has 0 spiro atoms. The van der Waals surface area contributed by atoms with Crippen molar-refractivity contribution in [3.63, 3.8) is 0 Å². The molecule has 0 saturated heterocycles. The minimum Gasteiger partial charge on any atom is -0.545 e. The largest absolute Gasteiger partial charge is 0.545 e. The van der Waals surface area contributed by atoms with Crippen LogP contribution in [0.1, 0.15) is 20.7 Å². The number of hydrogen-bond acceptors (Lipinski definition) is 5. The van der Waals surface area contributed by atoms with Gasteiger partial charge in [0.05, 0.1) is 10.9 Å². The smallest absolute Gasteiger partial charge is 0.255 e. The monoisotopic (exact) mass is 319 g/mol. The fourth-order valence-electron chi connectivity index (χ4n) is 1.74. The summed E-state index contributed by atoms with van der Waals surface area (Å²) in [6.07, 6.45) is 0. The Morgan fingerprint density at radius 2 is 1.64 bits per heavy atom. The lowest BCUT2D eigenvalue weighted by atomic mass is 10.2. The van der Waals surface area contributed by atoms with Gasteiger partial charge in [-0.25, -0.2) is 13.6 Å². The van der Waals surface area contributed by atoms with Gasteiger partial charge in [-0.2, -0.15) is 0 Å². The van der Waals surface area contributed by atoms with Crippen LogP contribution in [0.3, 0.4) is 0 Å². The summed E-state index contributed by atoms with van der Waals surface area (Å²) in [7, 11) is -3.92. The Kier molecular flexibility index (Phi) is 4.25. The van der Waals surface area contributed by atoms with E-state index in [9.17, 15) is 23.1 Å². The average molecular weight is 319 g/mol. The highest BCUT2D eigenvalue weighted by Gasteiger charge is 2.12. The number of benzene rings is 2. The van der Waals surface area contributed by atoms with Gasteiger partial charge in [-0.15, -0.1) is 0 Å². The van der Waals surface area contributed by atoms with Crippen LogP contribution in [0.25, 0.3) is 0 Å². The van der Waals surface area contributed by atoms with E-state index in [0.717, 1.165) is 6.07 Å². The van der Waals surface area contributed by atoms with E-state index in [0.29, 0.717) is 0 Å². The third-order valence-corrected chi connectivity index (χ3v) is 3.69. The zero-order valence-electron chi connectivity index (χ0n) is 11.1. The molecule has 8 heteroatoms. The zero-order chi connectivity index (χ0) is 16.3. The van der Waals surface area contributed by atoms with Crippen LogP contribution < -0.4 is 15.6 Å². The van der Waals surface area contributed by atoms with Crippen LogP contribution in [-0.4, -0.2) is 20.3 Å². The maximum absolute atomic E-state index is 12.1. The van der Waals surface area contributed by atoms with E-state index in [1.54, 1.807) is 0 Å². The molecule has 1 amide bonds. The Bertz CT molecular complexity index is 846. The van der Waals surface area contributed by atoms with Crippen molar-refractivity contribution in [1.29, 1.82) is 0 Å². The topological polar surface area (TPSA) is 129 Å². The van der Waals surface area contributed by atoms with Crippen molar-refractivity contribution >= 4 is 27.6 Å². The van der Waals surface area contributed by atoms with E-state index >= 15 is 0 Å². The molecule has 0 aliphatic heterocycles. The first-order chi connectivity index (χ1) is 10.3. The second kappa shape index (κ2) is 5.96. The normalized spacial score (nSPS) is 11.0. The molecule has 3 N–H and O–H groups in total. The average Bonchev–Trinajstić information content (AvgIpc) is 2.46. The lowest BCUT2D eigenvalue weighted by Gasteiger charge is -2.08. The summed E-state index contributed by atoms with van der Waals surface area (Å²) in [6.45, 7) is 0. The number of nitrogens with two attached hydrogens (primary N) is 1. The van der Waals surface area contributed by atoms with Crippen molar-refractivity contribution in [1.82, 2.24) is 0 Å². The van der Waals surface area contributed by atoms with Crippen LogP contribution >= 0.6 is 0 Å². The summed E-state index contributed by atoms with van der Waals surface area (Å²) in [5, 5.41) is 18.2. The lowest BCUT2D eigenvalue weighted by molar-refractivity contribution is -0.255. The van der Waals surface area contributed by atoms with Crippen molar-refractivity contribution in [2.45, 2.75) is 4.90 Å². The first-order valence-electron chi connectivity index (χ1n) is 6.03. The number of hydrogen-bond donors (Lipinski definition) is 2. The van der Waals surface area contributed by atoms with E-state index in [4.69, 9.17) is 5.14 Å². The Morgan fingerprint density at radius 3 is 2.27 bits per heavy atom. The van der Waals surface area contributed by atoms with E-state index in [-0.39, 0.29) is 21.7 Å². The third-order valence-electron chi connectivity index (χ3n) is 2.78. The molecule has 114 valence electrons. The number of carbonyl (C=O) groups is 2. The molecule has 0 fully saturated rings. The molecule has 0 radical (unpaired) electrons. The molecule has 0 aromatic heterocycles. The summed E-state index contributed by atoms with van der Waals surface area (Å²) in [4.78, 5) is 22.6. The Hall–Kier alpha value is -2.71. The SMILES string of the molecule is NS(=O)(=O)c1cccc(C(=O)Nc2cccc(C(=O)[O-])c2)c1. The quantitative estimate of drug-likeness (QED) is 0.816. The van der Waals surface area contributed by atoms with Gasteiger partial charge in [0.15, 0.2) is 0 Å². The molecule has 2 aromatic rings. The van der Waals surface area contributed by atoms with Gasteiger partial charge in [-0.1, -0.05) is 18.2 Å². The molecule has 0 aliphatic rings. The summed E-state index contributed by atoms with van der Waals surface area (Å²) < 4.78 is 22.5. The van der Waals surface area contributed by atoms with Gasteiger partial charge in [-0.05, 0) is 35.9 Å². The van der Waals surface area contributed by atoms with E-state index in [1.165, 1.54) is 42.5 Å². The summed E-state index contributed by atoms with van der Waals surface area (Å²) in [6, 6.07) is 10.7. The van der Waals surface area contributed by atoms with Crippen molar-refractivity contribution in [3.05, 3.63) is 59.7 Å². The van der Waals surface area contributed by atoms with Crippen LogP contribution in [0.15, 0.2) is 53.4 Å². The van der Waals surface area contributed by atoms with Crippen LogP contribution in [0, 0.1) is 0 Å². The Balaban J connectivity index is 2.26. The van der Waals surface area contributed by atoms with Crippen LogP contribution in [-0.2, 0) is 10.0 Å². The van der Waals surface area contributed by atoms with Gasteiger partial charge >= 0.3 is 0 Å². The zero-order valence-corrected chi connectivity index (χ0v) is 12.0. The molecule has 0 unspecified atom stereocenters. The van der Waals surface area contributed by atoms with E-state index in [1.807, 2.05) is 0 Å². The van der Waals surface area contributed by atoms with E-state index < -0.39 is 21.9 Å². The summed E-state index contributed by atoms with van der Waals surface area (Å²) in [5.74, 6) is -1.96. The molecule has 0 bridgehead atoms. The Morgan fingerprint density at radius 1 is 1.00 bits per heavy atom. The third kappa shape index (κ3) is 3.68. The number of amides is 1. The van der Waals surface area contributed by atoms with Crippen LogP contribution in [0.2, 0.25) is 0 Å². The number of carboxylic acid groups (broad SMARTS) is 1. The minimum atomic E-state index is -3.92. The minimum absolute atomic E-state index is 0.0744. The lowest BCUT2D eigenvalue weighted by Crippen LogP contribution is -2.22. The van der Waals surface area contributed by atoms with Gasteiger partial charge < -0.3 is 15.2 Å². The maximum atomic E-state index is 12.1. The van der Waals surface area contributed by atoms with Gasteiger partial charge in [0.1, 0.15) is 0 Å². The van der Waals surface area contributed by atoms with Crippen molar-refractivity contribution in [2.24, 2.45) is 5.14 Å². The highest BCUT2D eigenvalue weighted by atomic mass is 32.2. The summed E-state index contributed by atoms with van der Waals surface area (Å²) in [5.41, 5.74) is 0.231. The maximum Gasteiger partial charge on any atom is 0.255 e. The number of aromatic carboxylic acids is 1. The first kappa shape index (κ1) is 15.7. The number of anilines is 1. The fraction of sp³-hybridized carbons (Fsp3) is 0. The van der Waals surface area contributed by atoms with Crippen molar-refractivity contribution in [3.8, 4) is 0 Å². The predicted molar refractivity (Wildman–Crippen MR) is 76.5 cm³/mol. The molecule has 2 aromatic carbocycles. The number of nitrogens with one attached hydrogen (secondary N) is 1. The van der Waals surface area contributed by atoms with Gasteiger partial charge in [-0.3, -0.25) is 4.79 Å². The summed E-state index contributed by atoms with van der Waals surface area (Å²) >= 11 is 0. The highest BCUT2D eigenvalue weighted by molar-refractivity contribution is 7.89. The second-order valence-corrected chi connectivity index (χ2v) is 5.96. The standard InChI is InChI=1S/C14H12N2O5S/c15-22(20,21)12-6-2-3-9(8-12)13(17)16-11-5-1-4-10(7-11)14(18)19/h1-8H,(H,16,17)(H,18,19)(H2,15,20,21)/p-1. The Labute approximate surface area is 126 Å². The molecular formula is C14H11N2O5S-. The molecular weight excluding hydrogens is 308 g/mol.